The fraction of sp³-hybridized carbons (Fsp3) is 0.474. The van der Waals surface area contributed by atoms with Crippen molar-refractivity contribution < 1.29 is 9.90 Å². The zero-order chi connectivity index (χ0) is 17.9. The Kier molecular flexibility index (Phi) is 5.08. The van der Waals surface area contributed by atoms with Gasteiger partial charge in [-0.2, -0.15) is 5.10 Å². The molecule has 1 aliphatic carbocycles. The Morgan fingerprint density at radius 2 is 1.96 bits per heavy atom. The van der Waals surface area contributed by atoms with Gasteiger partial charge in [0.15, 0.2) is 0 Å². The minimum atomic E-state index is -0.737. The van der Waals surface area contributed by atoms with Crippen LogP contribution in [-0.4, -0.2) is 33.1 Å². The van der Waals surface area contributed by atoms with Crippen molar-refractivity contribution in [3.05, 3.63) is 47.3 Å². The van der Waals surface area contributed by atoms with Crippen LogP contribution in [0.2, 0.25) is 0 Å². The summed E-state index contributed by atoms with van der Waals surface area (Å²) in [5, 5.41) is 20.5. The van der Waals surface area contributed by atoms with Crippen molar-refractivity contribution in [2.75, 3.05) is 6.54 Å². The number of aryl methyl sites for hydroxylation is 2. The first-order chi connectivity index (χ1) is 12.0. The fourth-order valence-electron chi connectivity index (χ4n) is 3.43. The topological polar surface area (TPSA) is 79.2 Å². The van der Waals surface area contributed by atoms with Gasteiger partial charge in [-0.15, -0.1) is 0 Å². The Labute approximate surface area is 148 Å². The lowest BCUT2D eigenvalue weighted by Gasteiger charge is -2.22. The second kappa shape index (κ2) is 7.27. The summed E-state index contributed by atoms with van der Waals surface area (Å²) in [6.45, 7) is 4.68. The first-order valence-electron chi connectivity index (χ1n) is 8.82. The second-order valence-corrected chi connectivity index (χ2v) is 6.94. The van der Waals surface area contributed by atoms with Crippen LogP contribution in [0.5, 0.6) is 0 Å². The minimum absolute atomic E-state index is 0.261. The predicted molar refractivity (Wildman–Crippen MR) is 96.7 cm³/mol. The highest BCUT2D eigenvalue weighted by atomic mass is 16.3. The van der Waals surface area contributed by atoms with E-state index in [1.807, 2.05) is 48.9 Å². The van der Waals surface area contributed by atoms with Gasteiger partial charge in [0.25, 0.3) is 0 Å². The zero-order valence-corrected chi connectivity index (χ0v) is 14.9. The maximum absolute atomic E-state index is 12.1. The third kappa shape index (κ3) is 4.20. The molecule has 0 unspecified atom stereocenters. The van der Waals surface area contributed by atoms with Gasteiger partial charge in [0.05, 0.1) is 17.0 Å². The van der Waals surface area contributed by atoms with E-state index in [1.165, 1.54) is 0 Å². The van der Waals surface area contributed by atoms with E-state index in [-0.39, 0.29) is 6.03 Å². The summed E-state index contributed by atoms with van der Waals surface area (Å²) in [4.78, 5) is 12.1. The maximum atomic E-state index is 12.1. The normalized spacial score (nSPS) is 16.0. The first kappa shape index (κ1) is 17.5. The summed E-state index contributed by atoms with van der Waals surface area (Å²) in [6.07, 6.45) is 3.56. The molecular weight excluding hydrogens is 316 g/mol. The van der Waals surface area contributed by atoms with E-state index < -0.39 is 5.60 Å². The van der Waals surface area contributed by atoms with Crippen molar-refractivity contribution in [1.29, 1.82) is 0 Å². The highest BCUT2D eigenvalue weighted by Crippen LogP contribution is 2.28. The number of nitrogens with zero attached hydrogens (tertiary/aromatic N) is 2. The van der Waals surface area contributed by atoms with Gasteiger partial charge in [0, 0.05) is 18.8 Å². The Hall–Kier alpha value is -2.34. The summed E-state index contributed by atoms with van der Waals surface area (Å²) < 4.78 is 1.89. The highest BCUT2D eigenvalue weighted by Gasteiger charge is 2.31. The number of rotatable bonds is 5. The molecule has 1 heterocycles. The number of amides is 2. The number of carbonyl (C=O) groups excluding carboxylic acids is 1. The van der Waals surface area contributed by atoms with E-state index in [9.17, 15) is 9.90 Å². The lowest BCUT2D eigenvalue weighted by Crippen LogP contribution is -2.44. The number of carbonyl (C=O) groups is 1. The first-order valence-corrected chi connectivity index (χ1v) is 8.82. The lowest BCUT2D eigenvalue weighted by atomic mass is 10.0. The molecular formula is C19H26N4O2. The fourth-order valence-corrected chi connectivity index (χ4v) is 3.43. The van der Waals surface area contributed by atoms with Crippen LogP contribution in [0.3, 0.4) is 0 Å². The van der Waals surface area contributed by atoms with E-state index in [4.69, 9.17) is 0 Å². The van der Waals surface area contributed by atoms with Gasteiger partial charge in [-0.1, -0.05) is 31.0 Å². The predicted octanol–water partition coefficient (Wildman–Crippen LogP) is 2.59. The Balaban J connectivity index is 1.62. The summed E-state index contributed by atoms with van der Waals surface area (Å²) in [6, 6.07) is 9.66. The van der Waals surface area contributed by atoms with E-state index in [0.29, 0.717) is 13.1 Å². The van der Waals surface area contributed by atoms with Crippen LogP contribution < -0.4 is 10.6 Å². The molecule has 1 aromatic heterocycles. The van der Waals surface area contributed by atoms with Crippen LogP contribution in [0.25, 0.3) is 5.69 Å². The van der Waals surface area contributed by atoms with Crippen LogP contribution in [-0.2, 0) is 6.54 Å². The number of aliphatic hydroxyl groups is 1. The SMILES string of the molecule is Cc1cc(C)n(-c2ccccc2CNC(=O)NCC2(O)CCCC2)n1. The molecule has 0 atom stereocenters. The number of hydrogen-bond donors (Lipinski definition) is 3. The van der Waals surface area contributed by atoms with Crippen LogP contribution in [0, 0.1) is 13.8 Å². The molecule has 6 heteroatoms. The largest absolute Gasteiger partial charge is 0.388 e. The van der Waals surface area contributed by atoms with E-state index in [0.717, 1.165) is 48.3 Å². The second-order valence-electron chi connectivity index (χ2n) is 6.94. The van der Waals surface area contributed by atoms with Crippen molar-refractivity contribution in [3.63, 3.8) is 0 Å². The monoisotopic (exact) mass is 342 g/mol. The van der Waals surface area contributed by atoms with Crippen molar-refractivity contribution in [3.8, 4) is 5.69 Å². The van der Waals surface area contributed by atoms with E-state index in [1.54, 1.807) is 0 Å². The molecule has 1 aromatic carbocycles. The quantitative estimate of drug-likeness (QED) is 0.781. The molecule has 0 saturated heterocycles. The van der Waals surface area contributed by atoms with Crippen molar-refractivity contribution in [1.82, 2.24) is 20.4 Å². The molecule has 134 valence electrons. The molecule has 1 saturated carbocycles. The number of para-hydroxylation sites is 1. The number of nitrogens with one attached hydrogen (secondary N) is 2. The number of hydrogen-bond acceptors (Lipinski definition) is 3. The van der Waals surface area contributed by atoms with Crippen molar-refractivity contribution in [2.24, 2.45) is 0 Å². The maximum Gasteiger partial charge on any atom is 0.315 e. The van der Waals surface area contributed by atoms with Crippen molar-refractivity contribution >= 4 is 6.03 Å². The van der Waals surface area contributed by atoms with Gasteiger partial charge >= 0.3 is 6.03 Å². The van der Waals surface area contributed by atoms with E-state index >= 15 is 0 Å². The molecule has 1 fully saturated rings. The minimum Gasteiger partial charge on any atom is -0.388 e. The van der Waals surface area contributed by atoms with Gasteiger partial charge in [-0.05, 0) is 44.4 Å². The molecule has 6 nitrogen and oxygen atoms in total. The Morgan fingerprint density at radius 1 is 1.24 bits per heavy atom. The van der Waals surface area contributed by atoms with Crippen LogP contribution in [0.4, 0.5) is 4.79 Å². The molecule has 3 rings (SSSR count). The van der Waals surface area contributed by atoms with E-state index in [2.05, 4.69) is 15.7 Å². The standard InChI is InChI=1S/C19H26N4O2/c1-14-11-15(2)23(22-14)17-8-4-3-7-16(17)12-20-18(24)21-13-19(25)9-5-6-10-19/h3-4,7-8,11,25H,5-6,9-10,12-13H2,1-2H3,(H2,20,21,24). The molecule has 2 aromatic rings. The van der Waals surface area contributed by atoms with Crippen molar-refractivity contribution in [2.45, 2.75) is 51.7 Å². The number of aromatic nitrogens is 2. The lowest BCUT2D eigenvalue weighted by molar-refractivity contribution is 0.0501. The Bertz CT molecular complexity index is 748. The molecule has 1 aliphatic rings. The summed E-state index contributed by atoms with van der Waals surface area (Å²) in [7, 11) is 0. The summed E-state index contributed by atoms with van der Waals surface area (Å²) in [5.41, 5.74) is 3.23. The average Bonchev–Trinajstić information content (AvgIpc) is 3.17. The van der Waals surface area contributed by atoms with Gasteiger partial charge < -0.3 is 15.7 Å². The average molecular weight is 342 g/mol. The number of benzene rings is 1. The molecule has 25 heavy (non-hydrogen) atoms. The molecule has 0 bridgehead atoms. The summed E-state index contributed by atoms with van der Waals surface area (Å²) >= 11 is 0. The Morgan fingerprint density at radius 3 is 2.64 bits per heavy atom. The molecule has 0 aliphatic heterocycles. The molecule has 2 amide bonds. The smallest absolute Gasteiger partial charge is 0.315 e. The highest BCUT2D eigenvalue weighted by molar-refractivity contribution is 5.74. The molecule has 0 spiro atoms. The zero-order valence-electron chi connectivity index (χ0n) is 14.9. The number of urea groups is 1. The van der Waals surface area contributed by atoms with Crippen LogP contribution in [0.1, 0.15) is 42.6 Å². The summed E-state index contributed by atoms with van der Waals surface area (Å²) in [5.74, 6) is 0. The van der Waals surface area contributed by atoms with Crippen LogP contribution in [0.15, 0.2) is 30.3 Å². The van der Waals surface area contributed by atoms with Crippen LogP contribution >= 0.6 is 0 Å². The van der Waals surface area contributed by atoms with Gasteiger partial charge in [0.2, 0.25) is 0 Å². The third-order valence-electron chi connectivity index (χ3n) is 4.78. The molecule has 0 radical (unpaired) electrons. The van der Waals surface area contributed by atoms with Gasteiger partial charge in [-0.25, -0.2) is 9.48 Å². The third-order valence-corrected chi connectivity index (χ3v) is 4.78. The van der Waals surface area contributed by atoms with Gasteiger partial charge in [0.1, 0.15) is 0 Å². The van der Waals surface area contributed by atoms with Gasteiger partial charge in [-0.3, -0.25) is 0 Å². The molecule has 3 N–H and O–H groups in total.